The maximum absolute atomic E-state index is 13.4. The second-order valence-corrected chi connectivity index (χ2v) is 6.44. The Kier molecular flexibility index (Phi) is 3.80. The second-order valence-electron chi connectivity index (χ2n) is 6.44. The van der Waals surface area contributed by atoms with Gasteiger partial charge in [0.1, 0.15) is 11.3 Å². The summed E-state index contributed by atoms with van der Waals surface area (Å²) in [5.41, 5.74) is 4.25. The van der Waals surface area contributed by atoms with Gasteiger partial charge in [0.15, 0.2) is 0 Å². The van der Waals surface area contributed by atoms with Gasteiger partial charge in [0.25, 0.3) is 5.56 Å². The van der Waals surface area contributed by atoms with Crippen LogP contribution in [0.5, 0.6) is 5.75 Å². The predicted molar refractivity (Wildman–Crippen MR) is 105 cm³/mol. The maximum atomic E-state index is 13.4. The highest BCUT2D eigenvalue weighted by molar-refractivity contribution is 6.09. The van der Waals surface area contributed by atoms with E-state index in [1.165, 1.54) is 4.68 Å². The molecule has 132 valence electrons. The molecule has 0 unspecified atom stereocenters. The quantitative estimate of drug-likeness (QED) is 0.563. The Morgan fingerprint density at radius 3 is 2.58 bits per heavy atom. The number of aryl methyl sites for hydroxylation is 3. The average Bonchev–Trinajstić information content (AvgIpc) is 2.99. The minimum atomic E-state index is -0.100. The van der Waals surface area contributed by atoms with Gasteiger partial charge in [-0.25, -0.2) is 0 Å². The summed E-state index contributed by atoms with van der Waals surface area (Å²) in [6, 6.07) is 13.7. The fourth-order valence-electron chi connectivity index (χ4n) is 3.68. The van der Waals surface area contributed by atoms with Crippen molar-refractivity contribution in [2.45, 2.75) is 27.3 Å². The SMILES string of the molecule is CCn1c2cc(OC)ccc2c2c(C)nn(-c3ccccc3C)c(=O)c21. The summed E-state index contributed by atoms with van der Waals surface area (Å²) in [7, 11) is 1.65. The van der Waals surface area contributed by atoms with Crippen LogP contribution in [0.3, 0.4) is 0 Å². The number of methoxy groups -OCH3 is 1. The van der Waals surface area contributed by atoms with Gasteiger partial charge < -0.3 is 9.30 Å². The molecule has 2 aromatic carbocycles. The van der Waals surface area contributed by atoms with E-state index in [9.17, 15) is 4.79 Å². The Labute approximate surface area is 151 Å². The summed E-state index contributed by atoms with van der Waals surface area (Å²) < 4.78 is 8.95. The van der Waals surface area contributed by atoms with Gasteiger partial charge in [-0.2, -0.15) is 9.78 Å². The zero-order valence-electron chi connectivity index (χ0n) is 15.4. The van der Waals surface area contributed by atoms with Crippen molar-refractivity contribution in [1.29, 1.82) is 0 Å². The molecule has 0 aliphatic heterocycles. The molecule has 26 heavy (non-hydrogen) atoms. The largest absolute Gasteiger partial charge is 0.497 e. The van der Waals surface area contributed by atoms with Crippen LogP contribution < -0.4 is 10.3 Å². The van der Waals surface area contributed by atoms with Crippen molar-refractivity contribution in [2.24, 2.45) is 0 Å². The van der Waals surface area contributed by atoms with Crippen molar-refractivity contribution < 1.29 is 4.74 Å². The standard InChI is InChI=1S/C21H21N3O2/c1-5-23-18-12-15(26-4)10-11-16(18)19-14(3)22-24(21(25)20(19)23)17-9-7-6-8-13(17)2/h6-12H,5H2,1-4H3. The summed E-state index contributed by atoms with van der Waals surface area (Å²) in [6.07, 6.45) is 0. The van der Waals surface area contributed by atoms with Crippen molar-refractivity contribution in [3.8, 4) is 11.4 Å². The van der Waals surface area contributed by atoms with E-state index in [1.807, 2.05) is 63.2 Å². The van der Waals surface area contributed by atoms with E-state index in [0.29, 0.717) is 12.1 Å². The van der Waals surface area contributed by atoms with Crippen LogP contribution in [-0.2, 0) is 6.54 Å². The normalized spacial score (nSPS) is 11.4. The Bertz CT molecular complexity index is 1200. The summed E-state index contributed by atoms with van der Waals surface area (Å²) in [6.45, 7) is 6.69. The minimum Gasteiger partial charge on any atom is -0.497 e. The maximum Gasteiger partial charge on any atom is 0.296 e. The van der Waals surface area contributed by atoms with Gasteiger partial charge in [0, 0.05) is 23.4 Å². The first-order chi connectivity index (χ1) is 12.6. The minimum absolute atomic E-state index is 0.100. The topological polar surface area (TPSA) is 49.0 Å². The highest BCUT2D eigenvalue weighted by Crippen LogP contribution is 2.31. The van der Waals surface area contributed by atoms with E-state index in [0.717, 1.165) is 39.0 Å². The Hall–Kier alpha value is -3.08. The third kappa shape index (κ3) is 2.24. The van der Waals surface area contributed by atoms with E-state index >= 15 is 0 Å². The molecule has 0 N–H and O–H groups in total. The van der Waals surface area contributed by atoms with Crippen molar-refractivity contribution >= 4 is 21.8 Å². The number of nitrogens with zero attached hydrogens (tertiary/aromatic N) is 3. The highest BCUT2D eigenvalue weighted by Gasteiger charge is 2.19. The van der Waals surface area contributed by atoms with Crippen molar-refractivity contribution in [3.05, 3.63) is 64.1 Å². The van der Waals surface area contributed by atoms with E-state index in [1.54, 1.807) is 7.11 Å². The van der Waals surface area contributed by atoms with Crippen LogP contribution in [0.2, 0.25) is 0 Å². The number of ether oxygens (including phenoxy) is 1. The third-order valence-electron chi connectivity index (χ3n) is 4.94. The summed E-state index contributed by atoms with van der Waals surface area (Å²) in [4.78, 5) is 13.4. The monoisotopic (exact) mass is 347 g/mol. The number of para-hydroxylation sites is 1. The molecule has 4 aromatic rings. The number of rotatable bonds is 3. The first-order valence-electron chi connectivity index (χ1n) is 8.72. The third-order valence-corrected chi connectivity index (χ3v) is 4.94. The molecule has 0 aliphatic carbocycles. The lowest BCUT2D eigenvalue weighted by atomic mass is 10.1. The van der Waals surface area contributed by atoms with Crippen LogP contribution in [0.1, 0.15) is 18.2 Å². The van der Waals surface area contributed by atoms with E-state index in [2.05, 4.69) is 9.67 Å². The summed E-state index contributed by atoms with van der Waals surface area (Å²) in [5.74, 6) is 0.778. The van der Waals surface area contributed by atoms with E-state index in [4.69, 9.17) is 4.74 Å². The number of benzene rings is 2. The molecule has 5 heteroatoms. The highest BCUT2D eigenvalue weighted by atomic mass is 16.5. The van der Waals surface area contributed by atoms with Gasteiger partial charge in [-0.3, -0.25) is 4.79 Å². The van der Waals surface area contributed by atoms with E-state index < -0.39 is 0 Å². The number of fused-ring (bicyclic) bond motifs is 3. The molecular weight excluding hydrogens is 326 g/mol. The first-order valence-corrected chi connectivity index (χ1v) is 8.72. The molecule has 0 saturated carbocycles. The van der Waals surface area contributed by atoms with Gasteiger partial charge in [-0.15, -0.1) is 0 Å². The fraction of sp³-hybridized carbons (Fsp3) is 0.238. The van der Waals surface area contributed by atoms with Gasteiger partial charge in [-0.1, -0.05) is 18.2 Å². The van der Waals surface area contributed by atoms with Crippen LogP contribution >= 0.6 is 0 Å². The molecule has 2 aromatic heterocycles. The smallest absolute Gasteiger partial charge is 0.296 e. The molecule has 0 atom stereocenters. The molecule has 5 nitrogen and oxygen atoms in total. The van der Waals surface area contributed by atoms with Gasteiger partial charge in [-0.05, 0) is 44.5 Å². The van der Waals surface area contributed by atoms with Crippen LogP contribution in [0.25, 0.3) is 27.5 Å². The number of hydrogen-bond donors (Lipinski definition) is 0. The molecule has 2 heterocycles. The zero-order chi connectivity index (χ0) is 18.4. The summed E-state index contributed by atoms with van der Waals surface area (Å²) in [5, 5.41) is 6.58. The Morgan fingerprint density at radius 2 is 1.88 bits per heavy atom. The number of aromatic nitrogens is 3. The van der Waals surface area contributed by atoms with Crippen molar-refractivity contribution in [1.82, 2.24) is 14.3 Å². The fourth-order valence-corrected chi connectivity index (χ4v) is 3.68. The lowest BCUT2D eigenvalue weighted by Gasteiger charge is -2.10. The van der Waals surface area contributed by atoms with E-state index in [-0.39, 0.29) is 5.56 Å². The molecule has 0 bridgehead atoms. The predicted octanol–water partition coefficient (Wildman–Crippen LogP) is 3.99. The molecular formula is C21H21N3O2. The van der Waals surface area contributed by atoms with Crippen LogP contribution in [-0.4, -0.2) is 21.5 Å². The van der Waals surface area contributed by atoms with Crippen LogP contribution in [0.15, 0.2) is 47.3 Å². The molecule has 0 aliphatic rings. The number of hydrogen-bond acceptors (Lipinski definition) is 3. The second kappa shape index (κ2) is 6.02. The lowest BCUT2D eigenvalue weighted by molar-refractivity contribution is 0.415. The van der Waals surface area contributed by atoms with Crippen molar-refractivity contribution in [3.63, 3.8) is 0 Å². The first kappa shape index (κ1) is 16.4. The zero-order valence-corrected chi connectivity index (χ0v) is 15.4. The molecule has 0 fully saturated rings. The van der Waals surface area contributed by atoms with Crippen LogP contribution in [0.4, 0.5) is 0 Å². The van der Waals surface area contributed by atoms with Crippen molar-refractivity contribution in [2.75, 3.05) is 7.11 Å². The molecule has 4 rings (SSSR count). The van der Waals surface area contributed by atoms with Gasteiger partial charge in [0.2, 0.25) is 0 Å². The average molecular weight is 347 g/mol. The van der Waals surface area contributed by atoms with Crippen LogP contribution in [0, 0.1) is 13.8 Å². The van der Waals surface area contributed by atoms with Gasteiger partial charge in [0.05, 0.1) is 24.0 Å². The molecule has 0 radical (unpaired) electrons. The summed E-state index contributed by atoms with van der Waals surface area (Å²) >= 11 is 0. The van der Waals surface area contributed by atoms with Gasteiger partial charge >= 0.3 is 0 Å². The lowest BCUT2D eigenvalue weighted by Crippen LogP contribution is -2.24. The molecule has 0 amide bonds. The molecule has 0 spiro atoms. The molecule has 0 saturated heterocycles. The Balaban J connectivity index is 2.18. The Morgan fingerprint density at radius 1 is 1.12 bits per heavy atom.